The number of nitrogen functional groups attached to an aromatic ring is 1. The average Bonchev–Trinajstić information content (AvgIpc) is 3.59. The van der Waals surface area contributed by atoms with Gasteiger partial charge in [-0.1, -0.05) is 66.7 Å². The standard InChI is InChI=1S/C31H31N5O6/c1-40-22-14-8-6-12-20(22)30(19-10-4-3-5-11-19,21-13-7-9-15-23(21)41-2)31(27(39)26(38)24(16-37)42-31)36-18-35-25-28(32)33-17-34-29(25)36/h3-15,17-18,24,26-27,37-39H,16H2,1-2H3,(H2,32,33,34)/t24-,26-,27-,31+/m1/s1. The molecule has 0 amide bonds. The van der Waals surface area contributed by atoms with Crippen LogP contribution in [0.2, 0.25) is 0 Å². The molecule has 11 nitrogen and oxygen atoms in total. The van der Waals surface area contributed by atoms with Gasteiger partial charge >= 0.3 is 0 Å². The number of fused-ring (bicyclic) bond motifs is 1. The minimum atomic E-state index is -1.96. The number of aliphatic hydroxyl groups is 3. The molecule has 0 bridgehead atoms. The van der Waals surface area contributed by atoms with E-state index in [9.17, 15) is 15.3 Å². The summed E-state index contributed by atoms with van der Waals surface area (Å²) in [6, 6.07) is 24.2. The molecule has 5 aromatic rings. The molecule has 216 valence electrons. The zero-order valence-corrected chi connectivity index (χ0v) is 23.0. The third-order valence-electron chi connectivity index (χ3n) is 8.10. The van der Waals surface area contributed by atoms with Gasteiger partial charge < -0.3 is 35.3 Å². The van der Waals surface area contributed by atoms with E-state index in [2.05, 4.69) is 15.0 Å². The third-order valence-corrected chi connectivity index (χ3v) is 8.10. The predicted molar refractivity (Wildman–Crippen MR) is 154 cm³/mol. The SMILES string of the molecule is COc1ccccc1C(c1ccccc1)(c1ccccc1OC)[C@@]1(n2cnc3c(N)ncnc32)O[C@H](CO)[C@@H](O)[C@H]1O. The molecule has 0 radical (unpaired) electrons. The lowest BCUT2D eigenvalue weighted by Crippen LogP contribution is -2.61. The minimum absolute atomic E-state index is 0.125. The van der Waals surface area contributed by atoms with Crippen LogP contribution in [-0.2, 0) is 15.9 Å². The zero-order chi connectivity index (χ0) is 29.5. The molecule has 1 aliphatic heterocycles. The molecule has 0 spiro atoms. The Kier molecular flexibility index (Phi) is 7.03. The molecule has 42 heavy (non-hydrogen) atoms. The first-order valence-electron chi connectivity index (χ1n) is 13.4. The second kappa shape index (κ2) is 10.7. The lowest BCUT2D eigenvalue weighted by atomic mass is 9.60. The van der Waals surface area contributed by atoms with Crippen molar-refractivity contribution in [1.29, 1.82) is 0 Å². The molecule has 3 heterocycles. The predicted octanol–water partition coefficient (Wildman–Crippen LogP) is 2.23. The Morgan fingerprint density at radius 2 is 1.48 bits per heavy atom. The molecular formula is C31H31N5O6. The summed E-state index contributed by atoms with van der Waals surface area (Å²) in [5.41, 5.74) is 5.05. The summed E-state index contributed by atoms with van der Waals surface area (Å²) in [6.45, 7) is -0.577. The molecule has 0 saturated carbocycles. The fourth-order valence-corrected chi connectivity index (χ4v) is 6.38. The molecule has 11 heteroatoms. The van der Waals surface area contributed by atoms with Crippen molar-refractivity contribution in [2.24, 2.45) is 0 Å². The quantitative estimate of drug-likeness (QED) is 0.204. The molecule has 1 aliphatic rings. The highest BCUT2D eigenvalue weighted by molar-refractivity contribution is 5.81. The molecule has 2 aromatic heterocycles. The van der Waals surface area contributed by atoms with Crippen molar-refractivity contribution in [3.63, 3.8) is 0 Å². The van der Waals surface area contributed by atoms with Crippen molar-refractivity contribution in [3.8, 4) is 11.5 Å². The molecule has 0 unspecified atom stereocenters. The summed E-state index contributed by atoms with van der Waals surface area (Å²) in [5.74, 6) is 1.08. The van der Waals surface area contributed by atoms with Crippen LogP contribution in [0.15, 0.2) is 91.5 Å². The maximum absolute atomic E-state index is 12.4. The van der Waals surface area contributed by atoms with Gasteiger partial charge in [-0.25, -0.2) is 15.0 Å². The lowest BCUT2D eigenvalue weighted by molar-refractivity contribution is -0.176. The summed E-state index contributed by atoms with van der Waals surface area (Å²) in [5, 5.41) is 34.3. The topological polar surface area (TPSA) is 158 Å². The second-order valence-electron chi connectivity index (χ2n) is 10.0. The van der Waals surface area contributed by atoms with Crippen LogP contribution in [0.3, 0.4) is 0 Å². The number of para-hydroxylation sites is 2. The number of hydrogen-bond acceptors (Lipinski definition) is 10. The molecule has 1 saturated heterocycles. The maximum atomic E-state index is 12.4. The molecule has 6 rings (SSSR count). The van der Waals surface area contributed by atoms with Crippen LogP contribution < -0.4 is 15.2 Å². The molecule has 5 N–H and O–H groups in total. The van der Waals surface area contributed by atoms with Crippen molar-refractivity contribution >= 4 is 17.0 Å². The fourth-order valence-electron chi connectivity index (χ4n) is 6.38. The van der Waals surface area contributed by atoms with Gasteiger partial charge in [0, 0.05) is 11.1 Å². The fraction of sp³-hybridized carbons (Fsp3) is 0.258. The number of rotatable bonds is 8. The van der Waals surface area contributed by atoms with Gasteiger partial charge in [-0.2, -0.15) is 0 Å². The zero-order valence-electron chi connectivity index (χ0n) is 23.0. The number of aromatic nitrogens is 4. The Morgan fingerprint density at radius 1 is 0.881 bits per heavy atom. The van der Waals surface area contributed by atoms with Crippen molar-refractivity contribution < 1.29 is 29.5 Å². The van der Waals surface area contributed by atoms with Gasteiger partial charge in [-0.3, -0.25) is 4.57 Å². The van der Waals surface area contributed by atoms with Crippen LogP contribution in [0, 0.1) is 0 Å². The number of methoxy groups -OCH3 is 2. The number of imidazole rings is 1. The summed E-state index contributed by atoms with van der Waals surface area (Å²) in [4.78, 5) is 13.1. The third kappa shape index (κ3) is 3.71. The summed E-state index contributed by atoms with van der Waals surface area (Å²) in [6.07, 6.45) is -1.61. The van der Waals surface area contributed by atoms with E-state index in [4.69, 9.17) is 19.9 Å². The van der Waals surface area contributed by atoms with E-state index in [1.807, 2.05) is 78.9 Å². The number of hydrogen-bond donors (Lipinski definition) is 4. The van der Waals surface area contributed by atoms with Crippen molar-refractivity contribution in [3.05, 3.63) is 108 Å². The highest BCUT2D eigenvalue weighted by atomic mass is 16.6. The summed E-state index contributed by atoms with van der Waals surface area (Å²) >= 11 is 0. The van der Waals surface area contributed by atoms with Crippen LogP contribution >= 0.6 is 0 Å². The van der Waals surface area contributed by atoms with Crippen LogP contribution in [0.1, 0.15) is 16.7 Å². The molecule has 0 aliphatic carbocycles. The minimum Gasteiger partial charge on any atom is -0.496 e. The molecular weight excluding hydrogens is 538 g/mol. The van der Waals surface area contributed by atoms with Gasteiger partial charge in [-0.05, 0) is 17.7 Å². The Balaban J connectivity index is 1.90. The van der Waals surface area contributed by atoms with E-state index in [-0.39, 0.29) is 17.0 Å². The Morgan fingerprint density at radius 3 is 2.05 bits per heavy atom. The van der Waals surface area contributed by atoms with Crippen molar-refractivity contribution in [1.82, 2.24) is 19.5 Å². The maximum Gasteiger partial charge on any atom is 0.194 e. The van der Waals surface area contributed by atoms with E-state index < -0.39 is 36.1 Å². The number of nitrogens with zero attached hydrogens (tertiary/aromatic N) is 4. The molecule has 1 fully saturated rings. The summed E-state index contributed by atoms with van der Waals surface area (Å²) in [7, 11) is 3.11. The Labute approximate surface area is 241 Å². The Bertz CT molecular complexity index is 1670. The van der Waals surface area contributed by atoms with Crippen LogP contribution in [-0.4, -0.2) is 74.0 Å². The first-order chi connectivity index (χ1) is 20.4. The highest BCUT2D eigenvalue weighted by Crippen LogP contribution is 2.60. The average molecular weight is 570 g/mol. The van der Waals surface area contributed by atoms with E-state index in [0.29, 0.717) is 28.2 Å². The Hall–Kier alpha value is -4.55. The van der Waals surface area contributed by atoms with Gasteiger partial charge in [0.15, 0.2) is 17.2 Å². The van der Waals surface area contributed by atoms with Gasteiger partial charge in [0.2, 0.25) is 0 Å². The number of aliphatic hydroxyl groups excluding tert-OH is 3. The number of benzene rings is 3. The number of nitrogens with two attached hydrogens (primary N) is 1. The largest absolute Gasteiger partial charge is 0.496 e. The van der Waals surface area contributed by atoms with Gasteiger partial charge in [0.05, 0.1) is 27.2 Å². The van der Waals surface area contributed by atoms with Gasteiger partial charge in [-0.15, -0.1) is 0 Å². The molecule has 4 atom stereocenters. The van der Waals surface area contributed by atoms with Gasteiger partial charge in [0.1, 0.15) is 47.1 Å². The normalized spacial score (nSPS) is 22.4. The first-order valence-corrected chi connectivity index (χ1v) is 13.4. The number of anilines is 1. The van der Waals surface area contributed by atoms with Crippen molar-refractivity contribution in [2.75, 3.05) is 26.6 Å². The summed E-state index contributed by atoms with van der Waals surface area (Å²) < 4.78 is 20.3. The van der Waals surface area contributed by atoms with Crippen molar-refractivity contribution in [2.45, 2.75) is 29.5 Å². The number of ether oxygens (including phenoxy) is 3. The smallest absolute Gasteiger partial charge is 0.194 e. The van der Waals surface area contributed by atoms with E-state index in [1.54, 1.807) is 18.8 Å². The lowest BCUT2D eigenvalue weighted by Gasteiger charge is -2.51. The monoisotopic (exact) mass is 569 g/mol. The van der Waals surface area contributed by atoms with Crippen LogP contribution in [0.4, 0.5) is 5.82 Å². The van der Waals surface area contributed by atoms with Crippen LogP contribution in [0.25, 0.3) is 11.2 Å². The van der Waals surface area contributed by atoms with Crippen LogP contribution in [0.5, 0.6) is 11.5 Å². The van der Waals surface area contributed by atoms with Gasteiger partial charge in [0.25, 0.3) is 0 Å². The van der Waals surface area contributed by atoms with E-state index in [0.717, 1.165) is 0 Å². The van der Waals surface area contributed by atoms with E-state index in [1.165, 1.54) is 12.7 Å². The highest BCUT2D eigenvalue weighted by Gasteiger charge is 2.69. The molecule has 3 aromatic carbocycles. The van der Waals surface area contributed by atoms with E-state index >= 15 is 0 Å². The second-order valence-corrected chi connectivity index (χ2v) is 10.0. The first kappa shape index (κ1) is 27.6.